The maximum Gasteiger partial charge on any atom is 0.251 e. The molecule has 0 saturated carbocycles. The Kier molecular flexibility index (Phi) is 3.99. The van der Waals surface area contributed by atoms with Crippen molar-refractivity contribution < 1.29 is 9.53 Å². The molecular weight excluding hydrogens is 246 g/mol. The number of ether oxygens (including phenoxy) is 1. The van der Waals surface area contributed by atoms with Crippen LogP contribution in [-0.2, 0) is 0 Å². The van der Waals surface area contributed by atoms with Gasteiger partial charge in [0.05, 0.1) is 13.2 Å². The predicted molar refractivity (Wildman–Crippen MR) is 73.2 cm³/mol. The van der Waals surface area contributed by atoms with Crippen LogP contribution in [0.25, 0.3) is 0 Å². The normalized spacial score (nSPS) is 11.9. The molecule has 0 bridgehead atoms. The summed E-state index contributed by atoms with van der Waals surface area (Å²) in [4.78, 5) is 13.2. The van der Waals surface area contributed by atoms with Crippen molar-refractivity contribution in [1.82, 2.24) is 5.32 Å². The van der Waals surface area contributed by atoms with E-state index in [-0.39, 0.29) is 11.9 Å². The van der Waals surface area contributed by atoms with Crippen LogP contribution in [0.4, 0.5) is 0 Å². The van der Waals surface area contributed by atoms with Crippen LogP contribution in [0.1, 0.15) is 28.2 Å². The van der Waals surface area contributed by atoms with Gasteiger partial charge in [0.25, 0.3) is 5.91 Å². The van der Waals surface area contributed by atoms with E-state index in [9.17, 15) is 4.79 Å². The lowest BCUT2D eigenvalue weighted by Gasteiger charge is -2.12. The maximum atomic E-state index is 12.1. The summed E-state index contributed by atoms with van der Waals surface area (Å²) in [5.41, 5.74) is 0.609. The minimum absolute atomic E-state index is 0.0173. The number of amides is 1. The molecule has 2 aromatic rings. The van der Waals surface area contributed by atoms with Crippen LogP contribution in [0.15, 0.2) is 41.8 Å². The zero-order chi connectivity index (χ0) is 13.0. The lowest BCUT2D eigenvalue weighted by Crippen LogP contribution is -2.26. The van der Waals surface area contributed by atoms with E-state index in [0.29, 0.717) is 11.3 Å². The summed E-state index contributed by atoms with van der Waals surface area (Å²) in [7, 11) is 1.59. The Hall–Kier alpha value is -1.81. The van der Waals surface area contributed by atoms with Crippen molar-refractivity contribution in [2.75, 3.05) is 7.11 Å². The predicted octanol–water partition coefficient (Wildman–Crippen LogP) is 3.25. The molecule has 1 heterocycles. The molecule has 94 valence electrons. The molecule has 1 aromatic heterocycles. The minimum Gasteiger partial charge on any atom is -0.497 e. The second kappa shape index (κ2) is 5.69. The number of carbonyl (C=O) groups is 1. The van der Waals surface area contributed by atoms with Gasteiger partial charge >= 0.3 is 0 Å². The number of benzene rings is 1. The molecule has 0 aliphatic carbocycles. The average molecular weight is 261 g/mol. The third-order valence-corrected chi connectivity index (χ3v) is 3.70. The Balaban J connectivity index is 2.07. The first-order valence-corrected chi connectivity index (χ1v) is 6.57. The molecule has 0 saturated heterocycles. The molecule has 3 nitrogen and oxygen atoms in total. The summed E-state index contributed by atoms with van der Waals surface area (Å²) in [5.74, 6) is 0.598. The summed E-state index contributed by atoms with van der Waals surface area (Å²) in [6.07, 6.45) is 0. The molecule has 2 rings (SSSR count). The first-order valence-electron chi connectivity index (χ1n) is 5.69. The third-order valence-electron chi connectivity index (χ3n) is 2.65. The smallest absolute Gasteiger partial charge is 0.251 e. The highest BCUT2D eigenvalue weighted by Crippen LogP contribution is 2.19. The summed E-state index contributed by atoms with van der Waals surface area (Å²) in [6.45, 7) is 1.98. The first kappa shape index (κ1) is 12.6. The van der Waals surface area contributed by atoms with E-state index >= 15 is 0 Å². The van der Waals surface area contributed by atoms with Gasteiger partial charge in [-0.05, 0) is 36.6 Å². The number of carbonyl (C=O) groups excluding carboxylic acids is 1. The number of rotatable bonds is 4. The molecule has 0 spiro atoms. The number of hydrogen-bond acceptors (Lipinski definition) is 3. The zero-order valence-corrected chi connectivity index (χ0v) is 11.2. The van der Waals surface area contributed by atoms with Crippen LogP contribution in [0, 0.1) is 0 Å². The van der Waals surface area contributed by atoms with Crippen LogP contribution in [0.5, 0.6) is 5.75 Å². The van der Waals surface area contributed by atoms with Gasteiger partial charge in [-0.15, -0.1) is 11.3 Å². The van der Waals surface area contributed by atoms with Crippen LogP contribution >= 0.6 is 11.3 Å². The van der Waals surface area contributed by atoms with Crippen LogP contribution in [-0.4, -0.2) is 13.0 Å². The Morgan fingerprint density at radius 1 is 1.33 bits per heavy atom. The molecule has 1 N–H and O–H groups in total. The maximum absolute atomic E-state index is 12.1. The summed E-state index contributed by atoms with van der Waals surface area (Å²) in [6, 6.07) is 11.2. The van der Waals surface area contributed by atoms with Gasteiger partial charge in [0.15, 0.2) is 0 Å². The monoisotopic (exact) mass is 261 g/mol. The zero-order valence-electron chi connectivity index (χ0n) is 10.3. The van der Waals surface area contributed by atoms with E-state index in [1.54, 1.807) is 30.6 Å². The second-order valence-electron chi connectivity index (χ2n) is 3.94. The van der Waals surface area contributed by atoms with Crippen LogP contribution < -0.4 is 10.1 Å². The molecule has 0 aliphatic heterocycles. The largest absolute Gasteiger partial charge is 0.497 e. The highest BCUT2D eigenvalue weighted by molar-refractivity contribution is 7.10. The van der Waals surface area contributed by atoms with E-state index in [1.807, 2.05) is 36.6 Å². The van der Waals surface area contributed by atoms with Gasteiger partial charge in [0.1, 0.15) is 5.75 Å². The lowest BCUT2D eigenvalue weighted by atomic mass is 10.2. The van der Waals surface area contributed by atoms with Crippen molar-refractivity contribution >= 4 is 17.2 Å². The summed E-state index contributed by atoms with van der Waals surface area (Å²) < 4.78 is 5.10. The van der Waals surface area contributed by atoms with Gasteiger partial charge in [0.2, 0.25) is 0 Å². The SMILES string of the molecule is COc1cccc(C(=O)N[C@H](C)c2cccs2)c1. The molecule has 1 aromatic carbocycles. The topological polar surface area (TPSA) is 38.3 Å². The van der Waals surface area contributed by atoms with Crippen molar-refractivity contribution in [2.24, 2.45) is 0 Å². The van der Waals surface area contributed by atoms with Gasteiger partial charge in [-0.3, -0.25) is 4.79 Å². The van der Waals surface area contributed by atoms with Gasteiger partial charge in [-0.2, -0.15) is 0 Å². The number of thiophene rings is 1. The standard InChI is InChI=1S/C14H15NO2S/c1-10(13-7-4-8-18-13)15-14(16)11-5-3-6-12(9-11)17-2/h3-10H,1-2H3,(H,15,16)/t10-/m1/s1. The van der Waals surface area contributed by atoms with Gasteiger partial charge in [0, 0.05) is 10.4 Å². The molecule has 0 aliphatic rings. The molecule has 1 atom stereocenters. The number of nitrogens with one attached hydrogen (secondary N) is 1. The van der Waals surface area contributed by atoms with Crippen molar-refractivity contribution in [3.8, 4) is 5.75 Å². The number of methoxy groups -OCH3 is 1. The number of hydrogen-bond donors (Lipinski definition) is 1. The second-order valence-corrected chi connectivity index (χ2v) is 4.92. The molecule has 18 heavy (non-hydrogen) atoms. The van der Waals surface area contributed by atoms with Crippen molar-refractivity contribution in [2.45, 2.75) is 13.0 Å². The first-order chi connectivity index (χ1) is 8.70. The van der Waals surface area contributed by atoms with Crippen LogP contribution in [0.3, 0.4) is 0 Å². The molecule has 0 radical (unpaired) electrons. The van der Waals surface area contributed by atoms with Crippen molar-refractivity contribution in [3.05, 3.63) is 52.2 Å². The van der Waals surface area contributed by atoms with E-state index in [0.717, 1.165) is 4.88 Å². The lowest BCUT2D eigenvalue weighted by molar-refractivity contribution is 0.0940. The molecular formula is C14H15NO2S. The molecule has 0 unspecified atom stereocenters. The Bertz CT molecular complexity index is 522. The summed E-state index contributed by atoms with van der Waals surface area (Å²) >= 11 is 1.64. The van der Waals surface area contributed by atoms with E-state index in [2.05, 4.69) is 5.32 Å². The Labute approximate surface area is 110 Å². The fourth-order valence-corrected chi connectivity index (χ4v) is 2.39. The van der Waals surface area contributed by atoms with Gasteiger partial charge < -0.3 is 10.1 Å². The third kappa shape index (κ3) is 2.90. The molecule has 0 fully saturated rings. The average Bonchev–Trinajstić information content (AvgIpc) is 2.92. The minimum atomic E-state index is -0.0881. The van der Waals surface area contributed by atoms with E-state index < -0.39 is 0 Å². The van der Waals surface area contributed by atoms with E-state index in [1.165, 1.54) is 0 Å². The highest BCUT2D eigenvalue weighted by Gasteiger charge is 2.12. The van der Waals surface area contributed by atoms with Gasteiger partial charge in [-0.25, -0.2) is 0 Å². The Morgan fingerprint density at radius 2 is 2.17 bits per heavy atom. The van der Waals surface area contributed by atoms with Crippen molar-refractivity contribution in [3.63, 3.8) is 0 Å². The summed E-state index contributed by atoms with van der Waals surface area (Å²) in [5, 5.41) is 4.97. The van der Waals surface area contributed by atoms with Crippen LogP contribution in [0.2, 0.25) is 0 Å². The fourth-order valence-electron chi connectivity index (χ4n) is 1.65. The quantitative estimate of drug-likeness (QED) is 0.917. The molecule has 1 amide bonds. The van der Waals surface area contributed by atoms with E-state index in [4.69, 9.17) is 4.74 Å². The Morgan fingerprint density at radius 3 is 2.83 bits per heavy atom. The highest BCUT2D eigenvalue weighted by atomic mass is 32.1. The van der Waals surface area contributed by atoms with Gasteiger partial charge in [-0.1, -0.05) is 12.1 Å². The fraction of sp³-hybridized carbons (Fsp3) is 0.214. The molecule has 4 heteroatoms. The van der Waals surface area contributed by atoms with Crippen molar-refractivity contribution in [1.29, 1.82) is 0 Å².